The summed E-state index contributed by atoms with van der Waals surface area (Å²) in [7, 11) is 0. The number of carbonyl (C=O) groups excluding carboxylic acids is 3. The maximum Gasteiger partial charge on any atom is 3.00 e. The largest absolute Gasteiger partial charge is 3.00 e. The van der Waals surface area contributed by atoms with Gasteiger partial charge in [0, 0.05) is 72.7 Å². The van der Waals surface area contributed by atoms with Gasteiger partial charge in [-0.2, -0.15) is 37.9 Å². The van der Waals surface area contributed by atoms with Crippen LogP contribution in [0.5, 0.6) is 0 Å². The normalized spacial score (nSPS) is 15.4. The molecule has 13 heteroatoms. The smallest absolute Gasteiger partial charge is 0.550 e. The van der Waals surface area contributed by atoms with Gasteiger partial charge in [0.25, 0.3) is 0 Å². The molecule has 0 amide bonds. The molecule has 0 aromatic carbocycles. The number of carboxylic acids is 3. The molecule has 0 aliphatic rings. The minimum atomic E-state index is -1.10. The van der Waals surface area contributed by atoms with Crippen LogP contribution in [0.3, 0.4) is 0 Å². The summed E-state index contributed by atoms with van der Waals surface area (Å²) in [5.74, 6) is -4.37. The van der Waals surface area contributed by atoms with E-state index in [1.807, 2.05) is 20.8 Å². The predicted octanol–water partition coefficient (Wildman–Crippen LogP) is -1.26. The van der Waals surface area contributed by atoms with E-state index >= 15 is 0 Å². The third kappa shape index (κ3) is 20.4. The zero-order valence-corrected chi connectivity index (χ0v) is 25.9. The van der Waals surface area contributed by atoms with Crippen LogP contribution in [0.2, 0.25) is 0 Å². The summed E-state index contributed by atoms with van der Waals surface area (Å²) in [6, 6.07) is 0. The van der Waals surface area contributed by atoms with E-state index in [0.717, 1.165) is 0 Å². The van der Waals surface area contributed by atoms with E-state index in [1.54, 1.807) is 20.8 Å². The van der Waals surface area contributed by atoms with Crippen LogP contribution >= 0.6 is 37.9 Å². The van der Waals surface area contributed by atoms with E-state index in [4.69, 9.17) is 14.2 Å². The van der Waals surface area contributed by atoms with Crippen molar-refractivity contribution in [2.75, 3.05) is 37.1 Å². The predicted molar refractivity (Wildman–Crippen MR) is 136 cm³/mol. The van der Waals surface area contributed by atoms with Gasteiger partial charge in [0.1, 0.15) is 0 Å². The molecule has 6 unspecified atom stereocenters. The van der Waals surface area contributed by atoms with E-state index in [-0.39, 0.29) is 60.0 Å². The Bertz CT molecular complexity index is 458. The molecular formula is C21H39O9S3Sb. The van der Waals surface area contributed by atoms with Gasteiger partial charge in [-0.15, -0.1) is 0 Å². The quantitative estimate of drug-likeness (QED) is 0.146. The third-order valence-corrected chi connectivity index (χ3v) is 5.67. The number of ether oxygens (including phenoxy) is 3. The summed E-state index contributed by atoms with van der Waals surface area (Å²) in [5.41, 5.74) is 0. The Morgan fingerprint density at radius 3 is 0.853 bits per heavy atom. The van der Waals surface area contributed by atoms with E-state index < -0.39 is 35.7 Å². The topological polar surface area (TPSA) is 148 Å². The molecule has 0 aliphatic carbocycles. The van der Waals surface area contributed by atoms with Gasteiger partial charge in [0.05, 0.1) is 18.3 Å². The number of hydrogen-bond donors (Lipinski definition) is 3. The van der Waals surface area contributed by atoms with E-state index in [2.05, 4.69) is 37.9 Å². The average Bonchev–Trinajstić information content (AvgIpc) is 2.70. The maximum absolute atomic E-state index is 10.4. The second-order valence-electron chi connectivity index (χ2n) is 6.81. The fraction of sp³-hybridized carbons (Fsp3) is 0.857. The van der Waals surface area contributed by atoms with Gasteiger partial charge in [-0.3, -0.25) is 0 Å². The minimum Gasteiger partial charge on any atom is -0.550 e. The molecule has 0 rings (SSSR count). The van der Waals surface area contributed by atoms with Gasteiger partial charge in [-0.05, 0) is 41.5 Å². The number of thiol groups is 3. The second-order valence-corrected chi connectivity index (χ2v) is 7.90. The molecule has 0 N–H and O–H groups in total. The Balaban J connectivity index is -0.000000196. The molecule has 0 heterocycles. The van der Waals surface area contributed by atoms with E-state index in [1.165, 1.54) is 0 Å². The Kier molecular flexibility index (Phi) is 31.9. The van der Waals surface area contributed by atoms with Gasteiger partial charge < -0.3 is 43.9 Å². The summed E-state index contributed by atoms with van der Waals surface area (Å²) in [6.45, 7) is 12.1. The first-order valence-corrected chi connectivity index (χ1v) is 12.6. The van der Waals surface area contributed by atoms with Gasteiger partial charge in [-0.25, -0.2) is 0 Å². The molecule has 200 valence electrons. The van der Waals surface area contributed by atoms with Crippen molar-refractivity contribution in [1.82, 2.24) is 0 Å². The molecule has 9 nitrogen and oxygen atoms in total. The van der Waals surface area contributed by atoms with Crippen molar-refractivity contribution in [3.63, 3.8) is 0 Å². The van der Waals surface area contributed by atoms with Gasteiger partial charge in [0.2, 0.25) is 0 Å². The zero-order valence-electron chi connectivity index (χ0n) is 20.7. The number of aliphatic carboxylic acids is 3. The van der Waals surface area contributed by atoms with E-state index in [0.29, 0.717) is 19.8 Å². The number of carboxylic acid groups (broad SMARTS) is 3. The fourth-order valence-electron chi connectivity index (χ4n) is 2.38. The summed E-state index contributed by atoms with van der Waals surface area (Å²) in [5, 5.41) is 31.2. The molecule has 0 saturated heterocycles. The SMILES string of the molecule is CCOC(C)C(CS)C(=O)[O-].CCOC(C)C(CS)C(=O)[O-].CCOC(C)C(CS)C(=O)[O-].[Sb+3]. The molecule has 0 aromatic heterocycles. The fourth-order valence-corrected chi connectivity index (χ4v) is 3.72. The van der Waals surface area contributed by atoms with Crippen molar-refractivity contribution in [3.8, 4) is 0 Å². The van der Waals surface area contributed by atoms with Crippen molar-refractivity contribution >= 4 is 80.2 Å². The van der Waals surface area contributed by atoms with Crippen LogP contribution in [0, 0.1) is 17.8 Å². The van der Waals surface area contributed by atoms with Crippen molar-refractivity contribution in [1.29, 1.82) is 0 Å². The molecule has 0 bridgehead atoms. The number of carbonyl (C=O) groups is 3. The first kappa shape index (κ1) is 41.3. The standard InChI is InChI=1S/3C7H14O3S.Sb/c3*1-3-10-5(2)6(4-11)7(8)9;/h3*5-6,11H,3-4H2,1-2H3,(H,8,9);/q;;;+3/p-3. The number of rotatable bonds is 15. The van der Waals surface area contributed by atoms with Crippen LogP contribution in [0.4, 0.5) is 0 Å². The second kappa shape index (κ2) is 26.2. The summed E-state index contributed by atoms with van der Waals surface area (Å²) in [4.78, 5) is 31.2. The zero-order chi connectivity index (χ0) is 26.6. The van der Waals surface area contributed by atoms with Crippen LogP contribution in [0.15, 0.2) is 0 Å². The third-order valence-electron chi connectivity index (χ3n) is 4.49. The molecule has 34 heavy (non-hydrogen) atoms. The van der Waals surface area contributed by atoms with Crippen LogP contribution in [0.1, 0.15) is 41.5 Å². The van der Waals surface area contributed by atoms with Crippen LogP contribution in [-0.4, -0.2) is 97.7 Å². The van der Waals surface area contributed by atoms with Crippen molar-refractivity contribution in [3.05, 3.63) is 0 Å². The van der Waals surface area contributed by atoms with Gasteiger partial charge in [-0.1, -0.05) is 0 Å². The average molecular weight is 653 g/mol. The Labute approximate surface area is 237 Å². The van der Waals surface area contributed by atoms with Crippen molar-refractivity contribution in [2.24, 2.45) is 17.8 Å². The first-order chi connectivity index (χ1) is 15.4. The van der Waals surface area contributed by atoms with Crippen LogP contribution in [0.25, 0.3) is 0 Å². The minimum absolute atomic E-state index is 0. The summed E-state index contributed by atoms with van der Waals surface area (Å²) < 4.78 is 15.3. The molecule has 0 aliphatic heterocycles. The van der Waals surface area contributed by atoms with Gasteiger partial charge >= 0.3 is 24.4 Å². The van der Waals surface area contributed by atoms with Crippen LogP contribution < -0.4 is 15.3 Å². The van der Waals surface area contributed by atoms with Crippen molar-refractivity contribution in [2.45, 2.75) is 59.9 Å². The summed E-state index contributed by atoms with van der Waals surface area (Å²) >= 11 is 11.7. The molecule has 0 saturated carbocycles. The first-order valence-electron chi connectivity index (χ1n) is 10.7. The van der Waals surface area contributed by atoms with Crippen LogP contribution in [-0.2, 0) is 28.6 Å². The Hall–Kier alpha value is 0.158. The molecule has 0 aromatic rings. The molecule has 0 spiro atoms. The molecule has 6 atom stereocenters. The monoisotopic (exact) mass is 652 g/mol. The number of hydrogen-bond acceptors (Lipinski definition) is 12. The Morgan fingerprint density at radius 2 is 0.765 bits per heavy atom. The maximum atomic E-state index is 10.4. The van der Waals surface area contributed by atoms with Crippen molar-refractivity contribution < 1.29 is 43.9 Å². The summed E-state index contributed by atoms with van der Waals surface area (Å²) in [6.07, 6.45) is -0.951. The van der Waals surface area contributed by atoms with Gasteiger partial charge in [0.15, 0.2) is 0 Å². The molecule has 0 fully saturated rings. The molecular weight excluding hydrogens is 614 g/mol. The van der Waals surface area contributed by atoms with E-state index in [9.17, 15) is 29.7 Å². The molecule has 2 radical (unpaired) electrons. The Morgan fingerprint density at radius 1 is 0.588 bits per heavy atom.